The van der Waals surface area contributed by atoms with E-state index in [0.717, 1.165) is 19.3 Å². The molecule has 1 unspecified atom stereocenters. The molecule has 0 N–H and O–H groups in total. The van der Waals surface area contributed by atoms with E-state index >= 15 is 0 Å². The highest BCUT2D eigenvalue weighted by molar-refractivity contribution is 5.98. The fourth-order valence-corrected chi connectivity index (χ4v) is 9.88. The summed E-state index contributed by atoms with van der Waals surface area (Å²) in [7, 11) is 0. The molecule has 0 saturated heterocycles. The van der Waals surface area contributed by atoms with E-state index in [2.05, 4.69) is 212 Å². The van der Waals surface area contributed by atoms with Gasteiger partial charge in [-0.2, -0.15) is 0 Å². The second-order valence-electron chi connectivity index (χ2n) is 15.8. The van der Waals surface area contributed by atoms with Crippen molar-refractivity contribution < 1.29 is 0 Å². The Morgan fingerprint density at radius 2 is 1.02 bits per heavy atom. The summed E-state index contributed by atoms with van der Waals surface area (Å²) >= 11 is 0. The van der Waals surface area contributed by atoms with Gasteiger partial charge in [-0.25, -0.2) is 0 Å². The molecule has 58 heavy (non-hydrogen) atoms. The molecule has 274 valence electrons. The molecule has 0 saturated carbocycles. The molecule has 0 heterocycles. The van der Waals surface area contributed by atoms with Crippen LogP contribution in [0.1, 0.15) is 40.7 Å². The first kappa shape index (κ1) is 34.2. The molecule has 0 bridgehead atoms. The van der Waals surface area contributed by atoms with Crippen molar-refractivity contribution in [2.75, 3.05) is 0 Å². The SMILES string of the molecule is C1=Cc2cccc(-c3ccc(C4=c5ccccc5=C(c5ccc(-c6cccc7ccccc67)cc5)C5=CC=C(c6ccccc6-c6ccccc6)CC54)cc3)c2CC1. The van der Waals surface area contributed by atoms with Crippen molar-refractivity contribution in [1.82, 2.24) is 0 Å². The van der Waals surface area contributed by atoms with Gasteiger partial charge in [0.15, 0.2) is 0 Å². The van der Waals surface area contributed by atoms with Gasteiger partial charge in [-0.05, 0) is 124 Å². The average Bonchev–Trinajstić information content (AvgIpc) is 3.30. The molecule has 3 aliphatic rings. The first-order chi connectivity index (χ1) is 28.8. The highest BCUT2D eigenvalue weighted by Gasteiger charge is 2.32. The molecule has 0 amide bonds. The second kappa shape index (κ2) is 14.5. The van der Waals surface area contributed by atoms with Crippen molar-refractivity contribution in [2.24, 2.45) is 5.92 Å². The van der Waals surface area contributed by atoms with Gasteiger partial charge in [0.05, 0.1) is 0 Å². The number of hydrogen-bond acceptors (Lipinski definition) is 0. The number of fused-ring (bicyclic) bond motifs is 4. The van der Waals surface area contributed by atoms with Crippen LogP contribution in [0.3, 0.4) is 0 Å². The van der Waals surface area contributed by atoms with Crippen LogP contribution in [-0.4, -0.2) is 0 Å². The van der Waals surface area contributed by atoms with Crippen LogP contribution in [-0.2, 0) is 6.42 Å². The van der Waals surface area contributed by atoms with Crippen molar-refractivity contribution >= 4 is 33.6 Å². The minimum absolute atomic E-state index is 0.173. The maximum atomic E-state index is 2.44. The lowest BCUT2D eigenvalue weighted by Gasteiger charge is -2.33. The van der Waals surface area contributed by atoms with Gasteiger partial charge in [0, 0.05) is 5.92 Å². The van der Waals surface area contributed by atoms with Gasteiger partial charge in [-0.3, -0.25) is 0 Å². The third-order valence-corrected chi connectivity index (χ3v) is 12.6. The van der Waals surface area contributed by atoms with E-state index in [4.69, 9.17) is 0 Å². The summed E-state index contributed by atoms with van der Waals surface area (Å²) in [6.07, 6.45) is 12.5. The first-order valence-corrected chi connectivity index (χ1v) is 20.7. The molecule has 11 rings (SSSR count). The second-order valence-corrected chi connectivity index (χ2v) is 15.8. The standard InChI is InChI=1S/C58H42/c1-2-14-39(15-3-1)49-22-8-9-23-52(49)46-36-37-55-56(38-46)58(45-34-30-43(31-35-45)51-27-13-19-41-17-5-7-21-48(41)51)54-25-11-10-24-53(54)57(55)44-32-28-42(29-33-44)50-26-12-18-40-16-4-6-20-47(40)50/h1-6,8-20,22-37,56H,7,21,38H2. The Kier molecular flexibility index (Phi) is 8.55. The highest BCUT2D eigenvalue weighted by atomic mass is 14.3. The normalized spacial score (nSPS) is 15.6. The molecule has 0 aromatic heterocycles. The fraction of sp³-hybridized carbons (Fsp3) is 0.0690. The van der Waals surface area contributed by atoms with Crippen LogP contribution >= 0.6 is 0 Å². The topological polar surface area (TPSA) is 0 Å². The Bertz CT molecular complexity index is 3090. The first-order valence-electron chi connectivity index (χ1n) is 20.7. The quantitative estimate of drug-likeness (QED) is 0.159. The predicted octanol–water partition coefficient (Wildman–Crippen LogP) is 13.2. The molecule has 0 aliphatic heterocycles. The molecule has 0 spiro atoms. The van der Waals surface area contributed by atoms with Crippen molar-refractivity contribution in [2.45, 2.75) is 19.3 Å². The maximum absolute atomic E-state index is 2.44. The smallest absolute Gasteiger partial charge is 0.0148 e. The summed E-state index contributed by atoms with van der Waals surface area (Å²) in [6.45, 7) is 0. The lowest BCUT2D eigenvalue weighted by molar-refractivity contribution is 0.811. The van der Waals surface area contributed by atoms with Crippen LogP contribution in [0.5, 0.6) is 0 Å². The van der Waals surface area contributed by atoms with Gasteiger partial charge in [0.2, 0.25) is 0 Å². The van der Waals surface area contributed by atoms with Gasteiger partial charge in [0.1, 0.15) is 0 Å². The molecular formula is C58H42. The van der Waals surface area contributed by atoms with Gasteiger partial charge in [-0.15, -0.1) is 0 Å². The van der Waals surface area contributed by atoms with Crippen molar-refractivity contribution in [3.05, 3.63) is 250 Å². The van der Waals surface area contributed by atoms with Crippen LogP contribution in [0.15, 0.2) is 212 Å². The summed E-state index contributed by atoms with van der Waals surface area (Å²) in [6, 6.07) is 69.8. The number of benzene rings is 8. The summed E-state index contributed by atoms with van der Waals surface area (Å²) in [5.74, 6) is 0.173. The van der Waals surface area contributed by atoms with E-state index in [9.17, 15) is 0 Å². The number of rotatable bonds is 6. The van der Waals surface area contributed by atoms with Gasteiger partial charge in [0.25, 0.3) is 0 Å². The van der Waals surface area contributed by atoms with Crippen LogP contribution in [0, 0.1) is 5.92 Å². The molecule has 8 aromatic rings. The summed E-state index contributed by atoms with van der Waals surface area (Å²) in [4.78, 5) is 0. The zero-order valence-corrected chi connectivity index (χ0v) is 32.4. The van der Waals surface area contributed by atoms with Crippen molar-refractivity contribution in [1.29, 1.82) is 0 Å². The third-order valence-electron chi connectivity index (χ3n) is 12.6. The molecule has 0 heteroatoms. The zero-order valence-electron chi connectivity index (χ0n) is 32.4. The van der Waals surface area contributed by atoms with Crippen LogP contribution < -0.4 is 10.4 Å². The Morgan fingerprint density at radius 1 is 0.414 bits per heavy atom. The third kappa shape index (κ3) is 5.92. The minimum Gasteiger partial charge on any atom is -0.0836 e. The van der Waals surface area contributed by atoms with Gasteiger partial charge < -0.3 is 0 Å². The van der Waals surface area contributed by atoms with Crippen LogP contribution in [0.4, 0.5) is 0 Å². The van der Waals surface area contributed by atoms with E-state index < -0.39 is 0 Å². The molecule has 1 atom stereocenters. The Morgan fingerprint density at radius 3 is 1.86 bits per heavy atom. The lowest BCUT2D eigenvalue weighted by Crippen LogP contribution is -2.38. The number of allylic oxidation sites excluding steroid dienone is 5. The van der Waals surface area contributed by atoms with E-state index in [-0.39, 0.29) is 5.92 Å². The summed E-state index contributed by atoms with van der Waals surface area (Å²) in [5.41, 5.74) is 19.8. The highest BCUT2D eigenvalue weighted by Crippen LogP contribution is 2.46. The predicted molar refractivity (Wildman–Crippen MR) is 245 cm³/mol. The van der Waals surface area contributed by atoms with E-state index in [1.54, 1.807) is 0 Å². The lowest BCUT2D eigenvalue weighted by atomic mass is 9.70. The average molecular weight is 739 g/mol. The Labute approximate surface area is 340 Å². The minimum atomic E-state index is 0.173. The van der Waals surface area contributed by atoms with Gasteiger partial charge >= 0.3 is 0 Å². The molecule has 0 radical (unpaired) electrons. The maximum Gasteiger partial charge on any atom is 0.0148 e. The van der Waals surface area contributed by atoms with Crippen molar-refractivity contribution in [3.8, 4) is 33.4 Å². The zero-order chi connectivity index (χ0) is 38.4. The molecule has 0 nitrogen and oxygen atoms in total. The summed E-state index contributed by atoms with van der Waals surface area (Å²) in [5, 5.41) is 5.17. The van der Waals surface area contributed by atoms with Gasteiger partial charge in [-0.1, -0.05) is 212 Å². The van der Waals surface area contributed by atoms with Crippen LogP contribution in [0.2, 0.25) is 0 Å². The molecular weight excluding hydrogens is 697 g/mol. The molecule has 0 fully saturated rings. The van der Waals surface area contributed by atoms with E-state index in [1.807, 2.05) is 0 Å². The van der Waals surface area contributed by atoms with E-state index in [0.29, 0.717) is 0 Å². The number of hydrogen-bond donors (Lipinski definition) is 0. The molecule has 3 aliphatic carbocycles. The largest absolute Gasteiger partial charge is 0.0836 e. The molecule has 8 aromatic carbocycles. The monoisotopic (exact) mass is 738 g/mol. The Balaban J connectivity index is 1.09. The van der Waals surface area contributed by atoms with Crippen LogP contribution in [0.25, 0.3) is 66.9 Å². The van der Waals surface area contributed by atoms with Crippen molar-refractivity contribution in [3.63, 3.8) is 0 Å². The Hall–Kier alpha value is -7.02. The van der Waals surface area contributed by atoms with E-state index in [1.165, 1.54) is 105 Å². The fourth-order valence-electron chi connectivity index (χ4n) is 9.88. The summed E-state index contributed by atoms with van der Waals surface area (Å²) < 4.78 is 0.